The van der Waals surface area contributed by atoms with Crippen molar-refractivity contribution < 1.29 is 13.9 Å². The number of hydrogen-bond acceptors (Lipinski definition) is 6. The number of anilines is 2. The van der Waals surface area contributed by atoms with Crippen LogP contribution in [-0.4, -0.2) is 56.6 Å². The molecule has 4 rings (SSSR count). The lowest BCUT2D eigenvalue weighted by Gasteiger charge is -2.30. The molecule has 0 bridgehead atoms. The number of rotatable bonds is 11. The van der Waals surface area contributed by atoms with Crippen molar-refractivity contribution in [1.82, 2.24) is 10.3 Å². The topological polar surface area (TPSA) is 67.4 Å². The Balaban J connectivity index is 1.36. The highest BCUT2D eigenvalue weighted by atomic mass is 19.1. The van der Waals surface area contributed by atoms with Crippen LogP contribution in [0.25, 0.3) is 11.1 Å². The van der Waals surface area contributed by atoms with Crippen LogP contribution < -0.4 is 16.0 Å². The first kappa shape index (κ1) is 23.0. The summed E-state index contributed by atoms with van der Waals surface area (Å²) in [5.41, 5.74) is 2.34. The van der Waals surface area contributed by atoms with Crippen LogP contribution in [0.15, 0.2) is 36.5 Å². The van der Waals surface area contributed by atoms with Crippen molar-refractivity contribution in [3.8, 4) is 11.1 Å². The lowest BCUT2D eigenvalue weighted by molar-refractivity contribution is 0.0914. The maximum absolute atomic E-state index is 14.7. The summed E-state index contributed by atoms with van der Waals surface area (Å²) >= 11 is 0. The van der Waals surface area contributed by atoms with Crippen molar-refractivity contribution in [2.75, 3.05) is 44.5 Å². The molecule has 2 aliphatic carbocycles. The fourth-order valence-electron chi connectivity index (χ4n) is 4.41. The molecule has 2 aliphatic rings. The van der Waals surface area contributed by atoms with Crippen molar-refractivity contribution in [3.63, 3.8) is 0 Å². The summed E-state index contributed by atoms with van der Waals surface area (Å²) in [5, 5.41) is 10.5. The molecule has 0 saturated heterocycles. The Morgan fingerprint density at radius 1 is 1.09 bits per heavy atom. The molecule has 1 heterocycles. The average Bonchev–Trinajstić information content (AvgIpc) is 3.61. The molecule has 0 radical (unpaired) electrons. The predicted molar refractivity (Wildman–Crippen MR) is 127 cm³/mol. The molecule has 32 heavy (non-hydrogen) atoms. The maximum atomic E-state index is 14.7. The average molecular weight is 443 g/mol. The van der Waals surface area contributed by atoms with Gasteiger partial charge in [-0.25, -0.2) is 9.37 Å². The van der Waals surface area contributed by atoms with Gasteiger partial charge >= 0.3 is 0 Å². The highest BCUT2D eigenvalue weighted by Gasteiger charge is 2.42. The summed E-state index contributed by atoms with van der Waals surface area (Å²) in [6.07, 6.45) is 7.85. The summed E-state index contributed by atoms with van der Waals surface area (Å²) in [7, 11) is 3.49. The van der Waals surface area contributed by atoms with Gasteiger partial charge in [0.2, 0.25) is 0 Å². The highest BCUT2D eigenvalue weighted by molar-refractivity contribution is 5.70. The molecule has 1 aromatic carbocycles. The molecule has 7 heteroatoms. The molecule has 0 atom stereocenters. The van der Waals surface area contributed by atoms with Crippen LogP contribution in [-0.2, 0) is 9.47 Å². The van der Waals surface area contributed by atoms with Gasteiger partial charge in [-0.2, -0.15) is 0 Å². The van der Waals surface area contributed by atoms with Gasteiger partial charge in [0.15, 0.2) is 0 Å². The Kier molecular flexibility index (Phi) is 7.60. The first-order valence-electron chi connectivity index (χ1n) is 11.6. The third-order valence-electron chi connectivity index (χ3n) is 6.70. The highest BCUT2D eigenvalue weighted by Crippen LogP contribution is 2.39. The Hall–Kier alpha value is -2.22. The van der Waals surface area contributed by atoms with E-state index in [4.69, 9.17) is 9.47 Å². The number of benzene rings is 1. The Morgan fingerprint density at radius 2 is 1.88 bits per heavy atom. The zero-order valence-electron chi connectivity index (χ0n) is 19.1. The number of nitrogens with zero attached hydrogens (tertiary/aromatic N) is 1. The molecule has 0 spiro atoms. The van der Waals surface area contributed by atoms with Gasteiger partial charge in [-0.1, -0.05) is 12.1 Å². The largest absolute Gasteiger partial charge is 0.383 e. The van der Waals surface area contributed by atoms with E-state index < -0.39 is 0 Å². The Labute approximate surface area is 190 Å². The third kappa shape index (κ3) is 5.97. The number of methoxy groups -OCH3 is 2. The van der Waals surface area contributed by atoms with Gasteiger partial charge in [0.05, 0.1) is 18.4 Å². The number of halogens is 1. The van der Waals surface area contributed by atoms with Crippen LogP contribution >= 0.6 is 0 Å². The van der Waals surface area contributed by atoms with E-state index >= 15 is 0 Å². The van der Waals surface area contributed by atoms with E-state index in [0.29, 0.717) is 17.6 Å². The van der Waals surface area contributed by atoms with Crippen molar-refractivity contribution in [2.45, 2.75) is 56.2 Å². The summed E-state index contributed by atoms with van der Waals surface area (Å²) in [5.74, 6) is 0.418. The van der Waals surface area contributed by atoms with Gasteiger partial charge in [-0.3, -0.25) is 0 Å². The first-order chi connectivity index (χ1) is 15.6. The quantitative estimate of drug-likeness (QED) is 0.447. The number of nitrogens with one attached hydrogen (secondary N) is 3. The minimum absolute atomic E-state index is 0.0344. The van der Waals surface area contributed by atoms with E-state index in [9.17, 15) is 4.39 Å². The summed E-state index contributed by atoms with van der Waals surface area (Å²) < 4.78 is 25.3. The van der Waals surface area contributed by atoms with Gasteiger partial charge in [-0.15, -0.1) is 0 Å². The van der Waals surface area contributed by atoms with Crippen LogP contribution in [0.5, 0.6) is 0 Å². The third-order valence-corrected chi connectivity index (χ3v) is 6.70. The molecule has 1 aromatic heterocycles. The van der Waals surface area contributed by atoms with Gasteiger partial charge in [0.1, 0.15) is 11.6 Å². The minimum atomic E-state index is -0.311. The molecule has 3 N–H and O–H groups in total. The summed E-state index contributed by atoms with van der Waals surface area (Å²) in [6.45, 7) is 2.40. The number of pyridine rings is 1. The minimum Gasteiger partial charge on any atom is -0.383 e. The monoisotopic (exact) mass is 442 g/mol. The fourth-order valence-corrected chi connectivity index (χ4v) is 4.41. The molecule has 0 unspecified atom stereocenters. The maximum Gasteiger partial charge on any atom is 0.149 e. The van der Waals surface area contributed by atoms with E-state index in [1.165, 1.54) is 6.20 Å². The summed E-state index contributed by atoms with van der Waals surface area (Å²) in [4.78, 5) is 4.30. The van der Waals surface area contributed by atoms with Gasteiger partial charge in [0.25, 0.3) is 0 Å². The van der Waals surface area contributed by atoms with Crippen molar-refractivity contribution >= 4 is 11.5 Å². The second-order valence-corrected chi connectivity index (χ2v) is 9.01. The van der Waals surface area contributed by atoms with Gasteiger partial charge in [-0.05, 0) is 62.3 Å². The summed E-state index contributed by atoms with van der Waals surface area (Å²) in [6, 6.07) is 10.6. The van der Waals surface area contributed by atoms with E-state index in [1.54, 1.807) is 14.2 Å². The van der Waals surface area contributed by atoms with Gasteiger partial charge < -0.3 is 25.4 Å². The van der Waals surface area contributed by atoms with Crippen LogP contribution in [0.2, 0.25) is 0 Å². The molecular weight excluding hydrogens is 407 g/mol. The Bertz CT molecular complexity index is 882. The van der Waals surface area contributed by atoms with Crippen molar-refractivity contribution in [1.29, 1.82) is 0 Å². The molecule has 2 aromatic rings. The first-order valence-corrected chi connectivity index (χ1v) is 11.6. The van der Waals surface area contributed by atoms with E-state index in [2.05, 4.69) is 20.9 Å². The van der Waals surface area contributed by atoms with Crippen molar-refractivity contribution in [3.05, 3.63) is 42.3 Å². The lowest BCUT2D eigenvalue weighted by Crippen LogP contribution is -2.38. The number of ether oxygens (including phenoxy) is 2. The zero-order chi connectivity index (χ0) is 22.4. The predicted octanol–water partition coefficient (Wildman–Crippen LogP) is 4.44. The van der Waals surface area contributed by atoms with Crippen LogP contribution in [0.1, 0.15) is 38.5 Å². The van der Waals surface area contributed by atoms with Gasteiger partial charge in [0, 0.05) is 50.6 Å². The molecule has 174 valence electrons. The zero-order valence-corrected chi connectivity index (χ0v) is 19.1. The second kappa shape index (κ2) is 10.6. The van der Waals surface area contributed by atoms with Crippen LogP contribution in [0, 0.1) is 5.82 Å². The van der Waals surface area contributed by atoms with Crippen molar-refractivity contribution in [2.24, 2.45) is 0 Å². The number of hydrogen-bond donors (Lipinski definition) is 3. The Morgan fingerprint density at radius 3 is 2.59 bits per heavy atom. The van der Waals surface area contributed by atoms with E-state index in [1.807, 2.05) is 30.3 Å². The number of aromatic nitrogens is 1. The lowest BCUT2D eigenvalue weighted by atomic mass is 9.91. The van der Waals surface area contributed by atoms with Crippen LogP contribution in [0.4, 0.5) is 15.9 Å². The molecular formula is C25H35FN4O2. The molecule has 2 saturated carbocycles. The molecule has 2 fully saturated rings. The smallest absolute Gasteiger partial charge is 0.149 e. The molecule has 0 aliphatic heterocycles. The SMILES string of the molecule is COCCN[C@H]1CC[C@H](Nc2cc(-c3cccc(NCC4(OC)CC4)c3)c(F)cn2)CC1. The normalized spacial score (nSPS) is 21.8. The van der Waals surface area contributed by atoms with E-state index in [-0.39, 0.29) is 11.4 Å². The molecule has 0 amide bonds. The fraction of sp³-hybridized carbons (Fsp3) is 0.560. The van der Waals surface area contributed by atoms with Crippen LogP contribution in [0.3, 0.4) is 0 Å². The molecule has 6 nitrogen and oxygen atoms in total. The van der Waals surface area contributed by atoms with E-state index in [0.717, 1.165) is 75.3 Å². The second-order valence-electron chi connectivity index (χ2n) is 9.01. The standard InChI is InChI=1S/C25H35FN4O2/c1-31-13-12-27-19-6-8-20(9-7-19)30-24-15-22(23(26)16-28-24)18-4-3-5-21(14-18)29-17-25(32-2)10-11-25/h3-5,14-16,19-20,27,29H,6-13,17H2,1-2H3,(H,28,30)/t19-,20-.